The van der Waals surface area contributed by atoms with Crippen LogP contribution in [-0.2, 0) is 33.7 Å². The monoisotopic (exact) mass is 813 g/mol. The van der Waals surface area contributed by atoms with Crippen LogP contribution in [0.2, 0.25) is 0 Å². The number of aliphatic carboxylic acids is 1. The highest BCUT2D eigenvalue weighted by Crippen LogP contribution is 2.38. The summed E-state index contributed by atoms with van der Waals surface area (Å²) >= 11 is 0. The number of rotatable bonds is 25. The van der Waals surface area contributed by atoms with Gasteiger partial charge in [0.2, 0.25) is 5.91 Å². The van der Waals surface area contributed by atoms with Gasteiger partial charge in [-0.2, -0.15) is 0 Å². The third-order valence-electron chi connectivity index (χ3n) is 9.09. The van der Waals surface area contributed by atoms with Crippen LogP contribution in [0.1, 0.15) is 58.3 Å². The molecule has 1 aromatic heterocycles. The van der Waals surface area contributed by atoms with Crippen molar-refractivity contribution in [2.45, 2.75) is 63.2 Å². The van der Waals surface area contributed by atoms with Gasteiger partial charge in [0.1, 0.15) is 17.2 Å². The molecule has 3 N–H and O–H groups in total. The number of methoxy groups -OCH3 is 2. The van der Waals surface area contributed by atoms with Crippen molar-refractivity contribution in [2.24, 2.45) is 14.1 Å². The second-order valence-electron chi connectivity index (χ2n) is 13.7. The summed E-state index contributed by atoms with van der Waals surface area (Å²) in [5, 5.41) is 11.6. The zero-order valence-corrected chi connectivity index (χ0v) is 34.4. The lowest BCUT2D eigenvalue weighted by Crippen LogP contribution is -2.36. The number of nitrogens with one attached hydrogen (secondary N) is 2. The molecule has 0 spiro atoms. The SMILES string of the molecule is CCCOc1cc(OCCCCN(C)CC(=O)NCCCCCCC(=O)O)cc(Oc2cc3c(cc2NS(=O)(=O)c2ccc(OC)c(OC)c2)n(C)c(=O)n3C)c1. The average molecular weight is 814 g/mol. The number of imidazole rings is 1. The van der Waals surface area contributed by atoms with Crippen LogP contribution in [-0.4, -0.2) is 93.6 Å². The van der Waals surface area contributed by atoms with E-state index in [1.807, 2.05) is 18.9 Å². The van der Waals surface area contributed by atoms with Gasteiger partial charge in [0.05, 0.1) is 55.6 Å². The summed E-state index contributed by atoms with van der Waals surface area (Å²) in [6.07, 6.45) is 5.59. The molecule has 1 heterocycles. The Labute approximate surface area is 333 Å². The first-order valence-corrected chi connectivity index (χ1v) is 20.4. The Morgan fingerprint density at radius 1 is 0.789 bits per heavy atom. The van der Waals surface area contributed by atoms with Crippen LogP contribution in [0.4, 0.5) is 5.69 Å². The number of carboxylic acid groups (broad SMARTS) is 1. The number of likely N-dealkylation sites (N-methyl/N-ethyl adjacent to an activating group) is 1. The van der Waals surface area contributed by atoms with E-state index in [9.17, 15) is 22.8 Å². The minimum Gasteiger partial charge on any atom is -0.493 e. The molecule has 0 bridgehead atoms. The maximum Gasteiger partial charge on any atom is 0.328 e. The largest absolute Gasteiger partial charge is 0.493 e. The quantitative estimate of drug-likeness (QED) is 0.0713. The van der Waals surface area contributed by atoms with E-state index in [1.54, 1.807) is 44.4 Å². The van der Waals surface area contributed by atoms with Gasteiger partial charge in [-0.15, -0.1) is 0 Å². The van der Waals surface area contributed by atoms with E-state index in [0.29, 0.717) is 73.2 Å². The summed E-state index contributed by atoms with van der Waals surface area (Å²) < 4.78 is 62.0. The van der Waals surface area contributed by atoms with Gasteiger partial charge >= 0.3 is 11.7 Å². The van der Waals surface area contributed by atoms with Gasteiger partial charge < -0.3 is 34.1 Å². The lowest BCUT2D eigenvalue weighted by molar-refractivity contribution is -0.137. The molecule has 4 aromatic rings. The molecule has 312 valence electrons. The number of anilines is 1. The Bertz CT molecular complexity index is 2150. The number of carbonyl (C=O) groups excluding carboxylic acids is 1. The summed E-state index contributed by atoms with van der Waals surface area (Å²) in [5.41, 5.74) is 0.798. The smallest absolute Gasteiger partial charge is 0.328 e. The zero-order chi connectivity index (χ0) is 41.5. The molecule has 0 saturated heterocycles. The van der Waals surface area contributed by atoms with E-state index < -0.39 is 16.0 Å². The van der Waals surface area contributed by atoms with Crippen LogP contribution in [0.3, 0.4) is 0 Å². The van der Waals surface area contributed by atoms with Gasteiger partial charge in [-0.25, -0.2) is 13.2 Å². The highest BCUT2D eigenvalue weighted by atomic mass is 32.2. The van der Waals surface area contributed by atoms with Gasteiger partial charge in [-0.3, -0.25) is 28.3 Å². The Morgan fingerprint density at radius 3 is 2.11 bits per heavy atom. The van der Waals surface area contributed by atoms with Crippen LogP contribution in [0.5, 0.6) is 34.5 Å². The highest BCUT2D eigenvalue weighted by molar-refractivity contribution is 7.92. The summed E-state index contributed by atoms with van der Waals surface area (Å²) in [7, 11) is 3.79. The second kappa shape index (κ2) is 21.2. The Balaban J connectivity index is 1.44. The fourth-order valence-electron chi connectivity index (χ4n) is 6.03. The fraction of sp³-hybridized carbons (Fsp3) is 0.475. The van der Waals surface area contributed by atoms with Gasteiger partial charge in [-0.1, -0.05) is 19.8 Å². The van der Waals surface area contributed by atoms with Gasteiger partial charge in [0, 0.05) is 57.4 Å². The molecule has 0 aliphatic carbocycles. The number of unbranched alkanes of at least 4 members (excludes halogenated alkanes) is 4. The molecular formula is C40H55N5O11S. The fourth-order valence-corrected chi connectivity index (χ4v) is 7.11. The minimum absolute atomic E-state index is 0.0544. The van der Waals surface area contributed by atoms with Crippen LogP contribution in [0.25, 0.3) is 11.0 Å². The first kappa shape index (κ1) is 44.3. The summed E-state index contributed by atoms with van der Waals surface area (Å²) in [6, 6.07) is 12.5. The Hall–Kier alpha value is -5.42. The van der Waals surface area contributed by atoms with Crippen molar-refractivity contribution in [2.75, 3.05) is 58.8 Å². The third-order valence-corrected chi connectivity index (χ3v) is 10.5. The number of aromatic nitrogens is 2. The molecule has 3 aromatic carbocycles. The summed E-state index contributed by atoms with van der Waals surface area (Å²) in [6.45, 7) is 4.34. The van der Waals surface area contributed by atoms with E-state index in [-0.39, 0.29) is 46.6 Å². The first-order valence-electron chi connectivity index (χ1n) is 19.0. The van der Waals surface area contributed by atoms with Crippen LogP contribution in [0, 0.1) is 0 Å². The number of benzene rings is 3. The standard InChI is InChI=1S/C40H55N5O11S/c1-7-19-54-28-21-29(55-20-13-12-18-43(2)27-38(46)41-17-11-9-8-10-14-39(47)48)23-30(22-28)56-36-26-34-33(44(3)40(49)45(34)4)25-32(36)42-57(50,51)31-15-16-35(52-5)37(24-31)53-6/h15-16,21-26,42H,7-14,17-20,27H2,1-6H3,(H,41,46)(H,47,48). The number of hydrogen-bond acceptors (Lipinski definition) is 11. The average Bonchev–Trinajstić information content (AvgIpc) is 3.38. The molecule has 17 heteroatoms. The topological polar surface area (TPSA) is 189 Å². The number of ether oxygens (including phenoxy) is 5. The van der Waals surface area contributed by atoms with E-state index >= 15 is 0 Å². The van der Waals surface area contributed by atoms with Crippen molar-refractivity contribution in [3.8, 4) is 34.5 Å². The van der Waals surface area contributed by atoms with Crippen molar-refractivity contribution in [3.63, 3.8) is 0 Å². The third kappa shape index (κ3) is 12.8. The minimum atomic E-state index is -4.19. The summed E-state index contributed by atoms with van der Waals surface area (Å²) in [5.74, 6) is 1.19. The lowest BCUT2D eigenvalue weighted by Gasteiger charge is -2.17. The number of amides is 1. The normalized spacial score (nSPS) is 11.4. The zero-order valence-electron chi connectivity index (χ0n) is 33.6. The highest BCUT2D eigenvalue weighted by Gasteiger charge is 2.22. The van der Waals surface area contributed by atoms with Crippen LogP contribution < -0.4 is 39.4 Å². The van der Waals surface area contributed by atoms with Crippen molar-refractivity contribution in [1.29, 1.82) is 0 Å². The Morgan fingerprint density at radius 2 is 1.44 bits per heavy atom. The molecule has 57 heavy (non-hydrogen) atoms. The van der Waals surface area contributed by atoms with E-state index in [1.165, 1.54) is 41.6 Å². The molecule has 0 aliphatic rings. The van der Waals surface area contributed by atoms with Gasteiger partial charge in [-0.05, 0) is 63.9 Å². The molecule has 0 unspecified atom stereocenters. The van der Waals surface area contributed by atoms with Crippen molar-refractivity contribution >= 4 is 38.6 Å². The molecular weight excluding hydrogens is 759 g/mol. The van der Waals surface area contributed by atoms with E-state index in [2.05, 4.69) is 10.0 Å². The maximum atomic E-state index is 13.7. The first-order chi connectivity index (χ1) is 27.3. The molecule has 1 amide bonds. The molecule has 4 rings (SSSR count). The molecule has 0 aliphatic heterocycles. The predicted octanol–water partition coefficient (Wildman–Crippen LogP) is 5.52. The molecule has 16 nitrogen and oxygen atoms in total. The van der Waals surface area contributed by atoms with Crippen LogP contribution >= 0.6 is 0 Å². The lowest BCUT2D eigenvalue weighted by atomic mass is 10.1. The van der Waals surface area contributed by atoms with Crippen molar-refractivity contribution < 1.29 is 46.8 Å². The number of fused-ring (bicyclic) bond motifs is 1. The van der Waals surface area contributed by atoms with Crippen molar-refractivity contribution in [3.05, 3.63) is 59.0 Å². The van der Waals surface area contributed by atoms with Gasteiger partial charge in [0.15, 0.2) is 17.2 Å². The number of aryl methyl sites for hydroxylation is 2. The Kier molecular flexibility index (Phi) is 16.5. The molecule has 0 saturated carbocycles. The number of carboxylic acids is 1. The van der Waals surface area contributed by atoms with E-state index in [0.717, 1.165) is 32.1 Å². The van der Waals surface area contributed by atoms with Crippen molar-refractivity contribution in [1.82, 2.24) is 19.4 Å². The molecule has 0 fully saturated rings. The number of nitrogens with zero attached hydrogens (tertiary/aromatic N) is 3. The molecule has 0 radical (unpaired) electrons. The number of sulfonamides is 1. The van der Waals surface area contributed by atoms with Crippen LogP contribution in [0.15, 0.2) is 58.2 Å². The maximum absolute atomic E-state index is 13.7. The molecule has 0 atom stereocenters. The van der Waals surface area contributed by atoms with Gasteiger partial charge in [0.25, 0.3) is 10.0 Å². The predicted molar refractivity (Wildman–Crippen MR) is 217 cm³/mol. The summed E-state index contributed by atoms with van der Waals surface area (Å²) in [4.78, 5) is 37.7. The number of carbonyl (C=O) groups is 2. The van der Waals surface area contributed by atoms with E-state index in [4.69, 9.17) is 28.8 Å². The number of hydrogen-bond donors (Lipinski definition) is 3. The second-order valence-corrected chi connectivity index (χ2v) is 15.3.